The number of hydrogen-bond acceptors (Lipinski definition) is 10. The average Bonchev–Trinajstić information content (AvgIpc) is 3.28. The highest BCUT2D eigenvalue weighted by molar-refractivity contribution is 6.44. The maximum absolute atomic E-state index is 14.0. The third-order valence-corrected chi connectivity index (χ3v) is 12.9. The Morgan fingerprint density at radius 2 is 1.15 bits per heavy atom. The first-order chi connectivity index (χ1) is 30.0. The van der Waals surface area contributed by atoms with Gasteiger partial charge in [0.05, 0.1) is 49.9 Å². The lowest BCUT2D eigenvalue weighted by molar-refractivity contribution is 0.0922. The molecular weight excluding hydrogens is 882 g/mol. The predicted molar refractivity (Wildman–Crippen MR) is 240 cm³/mol. The molecule has 6 aromatic rings. The van der Waals surface area contributed by atoms with E-state index in [0.29, 0.717) is 58.3 Å². The molecule has 0 bridgehead atoms. The quantitative estimate of drug-likeness (QED) is 0.160. The van der Waals surface area contributed by atoms with Gasteiger partial charge in [0.1, 0.15) is 35.6 Å². The lowest BCUT2D eigenvalue weighted by Gasteiger charge is -2.34. The summed E-state index contributed by atoms with van der Waals surface area (Å²) in [6.07, 6.45) is 5.84. The Hall–Kier alpha value is -5.12. The normalized spacial score (nSPS) is 16.3. The van der Waals surface area contributed by atoms with Crippen LogP contribution >= 0.6 is 46.4 Å². The Kier molecular flexibility index (Phi) is 13.7. The van der Waals surface area contributed by atoms with Crippen molar-refractivity contribution in [1.29, 1.82) is 0 Å². The largest absolute Gasteiger partial charge is 0.378 e. The van der Waals surface area contributed by atoms with Gasteiger partial charge in [0, 0.05) is 73.9 Å². The van der Waals surface area contributed by atoms with Crippen LogP contribution in [0.1, 0.15) is 46.4 Å². The molecule has 12 nitrogen and oxygen atoms in total. The maximum atomic E-state index is 14.0. The second kappa shape index (κ2) is 19.5. The van der Waals surface area contributed by atoms with E-state index in [2.05, 4.69) is 58.6 Å². The zero-order valence-corrected chi connectivity index (χ0v) is 36.3. The van der Waals surface area contributed by atoms with Crippen molar-refractivity contribution < 1.29 is 23.1 Å². The second-order valence-corrected chi connectivity index (χ2v) is 16.7. The third-order valence-electron chi connectivity index (χ3n) is 11.3. The number of nitrogens with one attached hydrogen (secondary N) is 2. The Morgan fingerprint density at radius 1 is 0.613 bits per heavy atom. The van der Waals surface area contributed by atoms with Gasteiger partial charge in [0.15, 0.2) is 5.82 Å². The molecular formula is C44H41Cl4F2N9O3. The van der Waals surface area contributed by atoms with Gasteiger partial charge in [-0.15, -0.1) is 0 Å². The molecule has 2 amide bonds. The highest BCUT2D eigenvalue weighted by Gasteiger charge is 2.27. The number of ether oxygens (including phenoxy) is 1. The van der Waals surface area contributed by atoms with Gasteiger partial charge >= 0.3 is 0 Å². The summed E-state index contributed by atoms with van der Waals surface area (Å²) in [7, 11) is 0. The Morgan fingerprint density at radius 3 is 1.71 bits per heavy atom. The monoisotopic (exact) mass is 921 g/mol. The number of rotatable bonds is 7. The van der Waals surface area contributed by atoms with Crippen molar-refractivity contribution in [2.75, 3.05) is 67.2 Å². The Balaban J connectivity index is 0.000000172. The fourth-order valence-electron chi connectivity index (χ4n) is 7.99. The Labute approximate surface area is 376 Å². The van der Waals surface area contributed by atoms with Crippen LogP contribution in [-0.2, 0) is 4.74 Å². The third kappa shape index (κ3) is 9.74. The van der Waals surface area contributed by atoms with Crippen molar-refractivity contribution in [2.24, 2.45) is 0 Å². The summed E-state index contributed by atoms with van der Waals surface area (Å²) in [5.41, 5.74) is 2.92. The molecule has 0 unspecified atom stereocenters. The van der Waals surface area contributed by atoms with Crippen molar-refractivity contribution in [2.45, 2.75) is 37.8 Å². The van der Waals surface area contributed by atoms with Crippen molar-refractivity contribution in [3.05, 3.63) is 122 Å². The van der Waals surface area contributed by atoms with E-state index in [4.69, 9.17) is 51.1 Å². The van der Waals surface area contributed by atoms with E-state index in [1.54, 1.807) is 42.7 Å². The van der Waals surface area contributed by atoms with Crippen molar-refractivity contribution in [3.8, 4) is 0 Å². The molecule has 0 aliphatic carbocycles. The molecule has 18 heteroatoms. The van der Waals surface area contributed by atoms with E-state index in [-0.39, 0.29) is 39.5 Å². The molecule has 62 heavy (non-hydrogen) atoms. The molecule has 3 saturated heterocycles. The average molecular weight is 924 g/mol. The van der Waals surface area contributed by atoms with Gasteiger partial charge in [0.2, 0.25) is 0 Å². The molecule has 3 aliphatic heterocycles. The molecule has 3 aliphatic rings. The van der Waals surface area contributed by atoms with Crippen molar-refractivity contribution >= 4 is 97.3 Å². The van der Waals surface area contributed by atoms with E-state index >= 15 is 0 Å². The minimum atomic E-state index is -0.718. The summed E-state index contributed by atoms with van der Waals surface area (Å²) in [6.45, 7) is 6.02. The van der Waals surface area contributed by atoms with Crippen LogP contribution in [0.2, 0.25) is 20.1 Å². The number of benzene rings is 4. The van der Waals surface area contributed by atoms with Gasteiger partial charge in [-0.3, -0.25) is 9.59 Å². The minimum Gasteiger partial charge on any atom is -0.378 e. The summed E-state index contributed by atoms with van der Waals surface area (Å²) in [4.78, 5) is 49.0. The highest BCUT2D eigenvalue weighted by Crippen LogP contribution is 2.32. The Bertz CT molecular complexity index is 2610. The molecule has 5 heterocycles. The first-order valence-corrected chi connectivity index (χ1v) is 21.7. The van der Waals surface area contributed by atoms with Gasteiger partial charge in [-0.1, -0.05) is 58.5 Å². The van der Waals surface area contributed by atoms with Crippen LogP contribution in [0, 0.1) is 11.6 Å². The van der Waals surface area contributed by atoms with Crippen LogP contribution in [0.4, 0.5) is 26.1 Å². The molecule has 9 rings (SSSR count). The van der Waals surface area contributed by atoms with Crippen LogP contribution in [0.25, 0.3) is 21.8 Å². The lowest BCUT2D eigenvalue weighted by atomic mass is 10.0. The number of nitrogens with zero attached hydrogens (tertiary/aromatic N) is 7. The number of halogens is 6. The van der Waals surface area contributed by atoms with E-state index < -0.39 is 11.6 Å². The zero-order chi connectivity index (χ0) is 43.3. The van der Waals surface area contributed by atoms with Gasteiger partial charge in [-0.2, -0.15) is 0 Å². The van der Waals surface area contributed by atoms with E-state index in [1.165, 1.54) is 12.4 Å². The smallest absolute Gasteiger partial charge is 0.253 e. The summed E-state index contributed by atoms with van der Waals surface area (Å²) >= 11 is 24.3. The van der Waals surface area contributed by atoms with Crippen LogP contribution < -0.4 is 25.3 Å². The number of fused-ring (bicyclic) bond motifs is 2. The first kappa shape index (κ1) is 43.5. The van der Waals surface area contributed by atoms with Crippen LogP contribution in [0.15, 0.2) is 79.4 Å². The highest BCUT2D eigenvalue weighted by atomic mass is 35.5. The molecule has 0 atom stereocenters. The minimum absolute atomic E-state index is 0.0598. The van der Waals surface area contributed by atoms with E-state index in [1.807, 2.05) is 4.90 Å². The number of hydrogen-bond donors (Lipinski definition) is 2. The van der Waals surface area contributed by atoms with Crippen molar-refractivity contribution in [3.63, 3.8) is 0 Å². The molecule has 3 fully saturated rings. The number of aromatic nitrogens is 4. The number of carbonyl (C=O) groups excluding carboxylic acids is 2. The lowest BCUT2D eigenvalue weighted by Crippen LogP contribution is -2.45. The van der Waals surface area contributed by atoms with Gasteiger partial charge < -0.3 is 30.1 Å². The fraction of sp³-hybridized carbons (Fsp3) is 0.318. The van der Waals surface area contributed by atoms with Crippen LogP contribution in [-0.4, -0.2) is 96.3 Å². The summed E-state index contributed by atoms with van der Waals surface area (Å²) in [5, 5.41) is 8.66. The van der Waals surface area contributed by atoms with E-state index in [0.717, 1.165) is 80.7 Å². The molecule has 0 saturated carbocycles. The molecule has 2 aromatic heterocycles. The number of carbonyl (C=O) groups is 2. The standard InChI is InChI=1S/C24H25Cl2N5O2.C20H16Cl2F2N4O/c25-20-3-1-2-19(22(20)26)24(32)29-16-6-8-31(9-7-16)23-18-5-4-17(14-21(18)27-15-28-23)30-10-12-33-13-11-30;21-15-3-1-2-13(17(15)22)20(29)27-12-4-6-28(7-5-12)19-14-8-11(23)9-16(24)18(14)25-10-26-19/h1-5,14-16H,6-13H2,(H,29,32);1-3,8-10,12H,4-7H2,(H,27,29). The number of piperidine rings is 2. The maximum Gasteiger partial charge on any atom is 0.253 e. The SMILES string of the molecule is O=C(NC1CCN(c2ncnc3c(F)cc(F)cc23)CC1)c1cccc(Cl)c1Cl.O=C(NC1CCN(c2ncnc3cc(N4CCOCC4)ccc23)CC1)c1cccc(Cl)c1Cl. The number of morpholine rings is 1. The molecule has 2 N–H and O–H groups in total. The predicted octanol–water partition coefficient (Wildman–Crippen LogP) is 8.79. The molecule has 322 valence electrons. The fourth-order valence-corrected chi connectivity index (χ4v) is 8.76. The number of amides is 2. The van der Waals surface area contributed by atoms with Crippen molar-refractivity contribution in [1.82, 2.24) is 30.6 Å². The molecule has 0 spiro atoms. The van der Waals surface area contributed by atoms with Crippen LogP contribution in [0.5, 0.6) is 0 Å². The number of anilines is 3. The van der Waals surface area contributed by atoms with Gasteiger partial charge in [0.25, 0.3) is 11.8 Å². The summed E-state index contributed by atoms with van der Waals surface area (Å²) in [5.74, 6) is -0.445. The van der Waals surface area contributed by atoms with Gasteiger partial charge in [-0.05, 0) is 74.2 Å². The van der Waals surface area contributed by atoms with Crippen LogP contribution in [0.3, 0.4) is 0 Å². The molecule has 0 radical (unpaired) electrons. The second-order valence-electron chi connectivity index (χ2n) is 15.2. The first-order valence-electron chi connectivity index (χ1n) is 20.2. The van der Waals surface area contributed by atoms with Gasteiger partial charge in [-0.25, -0.2) is 28.7 Å². The summed E-state index contributed by atoms with van der Waals surface area (Å²) < 4.78 is 33.2. The van der Waals surface area contributed by atoms with E-state index in [9.17, 15) is 18.4 Å². The zero-order valence-electron chi connectivity index (χ0n) is 33.3. The summed E-state index contributed by atoms with van der Waals surface area (Å²) in [6, 6.07) is 18.5. The molecule has 4 aromatic carbocycles. The topological polar surface area (TPSA) is 129 Å².